The first kappa shape index (κ1) is 15.3. The van der Waals surface area contributed by atoms with Crippen LogP contribution in [-0.2, 0) is 11.2 Å². The third-order valence-corrected chi connectivity index (χ3v) is 5.06. The van der Waals surface area contributed by atoms with Crippen LogP contribution in [0.4, 0.5) is 5.82 Å². The van der Waals surface area contributed by atoms with Crippen LogP contribution in [0.25, 0.3) is 11.4 Å². The van der Waals surface area contributed by atoms with E-state index in [0.29, 0.717) is 0 Å². The molecule has 1 fully saturated rings. The predicted molar refractivity (Wildman–Crippen MR) is 97.6 cm³/mol. The maximum atomic E-state index is 5.43. The van der Waals surface area contributed by atoms with Gasteiger partial charge in [-0.3, -0.25) is 0 Å². The van der Waals surface area contributed by atoms with Crippen molar-refractivity contribution in [1.29, 1.82) is 0 Å². The Kier molecular flexibility index (Phi) is 4.53. The lowest BCUT2D eigenvalue weighted by Gasteiger charge is -2.27. The van der Waals surface area contributed by atoms with Crippen molar-refractivity contribution in [2.24, 2.45) is 0 Å². The van der Waals surface area contributed by atoms with Gasteiger partial charge in [-0.05, 0) is 23.1 Å². The zero-order valence-corrected chi connectivity index (χ0v) is 14.2. The van der Waals surface area contributed by atoms with Crippen molar-refractivity contribution in [2.45, 2.75) is 6.42 Å². The quantitative estimate of drug-likeness (QED) is 0.729. The second kappa shape index (κ2) is 7.11. The average molecular weight is 337 g/mol. The monoisotopic (exact) mass is 337 g/mol. The van der Waals surface area contributed by atoms with E-state index in [1.807, 2.05) is 12.3 Å². The molecule has 1 saturated heterocycles. The summed E-state index contributed by atoms with van der Waals surface area (Å²) in [7, 11) is 0. The summed E-state index contributed by atoms with van der Waals surface area (Å²) >= 11 is 1.78. The smallest absolute Gasteiger partial charge is 0.161 e. The van der Waals surface area contributed by atoms with E-state index in [1.165, 1.54) is 10.4 Å². The summed E-state index contributed by atoms with van der Waals surface area (Å²) in [4.78, 5) is 13.0. The first-order valence-corrected chi connectivity index (χ1v) is 9.04. The number of hydrogen-bond donors (Lipinski definition) is 0. The van der Waals surface area contributed by atoms with E-state index >= 15 is 0 Å². The largest absolute Gasteiger partial charge is 0.378 e. The lowest BCUT2D eigenvalue weighted by atomic mass is 10.0. The molecule has 0 aliphatic carbocycles. The minimum atomic E-state index is 0.758. The molecule has 0 radical (unpaired) electrons. The first-order valence-electron chi connectivity index (χ1n) is 8.16. The molecule has 1 aliphatic heterocycles. The summed E-state index contributed by atoms with van der Waals surface area (Å²) in [5.74, 6) is 1.78. The minimum Gasteiger partial charge on any atom is -0.378 e. The second-order valence-electron chi connectivity index (χ2n) is 5.75. The second-order valence-corrected chi connectivity index (χ2v) is 6.78. The van der Waals surface area contributed by atoms with Gasteiger partial charge in [-0.1, -0.05) is 30.3 Å². The summed E-state index contributed by atoms with van der Waals surface area (Å²) in [6.45, 7) is 3.28. The summed E-state index contributed by atoms with van der Waals surface area (Å²) < 4.78 is 5.43. The van der Waals surface area contributed by atoms with Gasteiger partial charge in [0.25, 0.3) is 0 Å². The number of ether oxygens (including phenoxy) is 1. The van der Waals surface area contributed by atoms with E-state index in [4.69, 9.17) is 9.72 Å². The average Bonchev–Trinajstić information content (AvgIpc) is 3.16. The molecule has 122 valence electrons. The van der Waals surface area contributed by atoms with E-state index in [0.717, 1.165) is 49.9 Å². The highest BCUT2D eigenvalue weighted by Crippen LogP contribution is 2.25. The van der Waals surface area contributed by atoms with E-state index < -0.39 is 0 Å². The van der Waals surface area contributed by atoms with Gasteiger partial charge in [0.15, 0.2) is 5.82 Å². The van der Waals surface area contributed by atoms with Crippen molar-refractivity contribution in [3.8, 4) is 11.4 Å². The SMILES string of the molecule is c1csc(Cc2ccccc2-c2nccc(N3CCOCC3)n2)c1. The van der Waals surface area contributed by atoms with Crippen molar-refractivity contribution in [2.75, 3.05) is 31.2 Å². The Hall–Kier alpha value is -2.24. The lowest BCUT2D eigenvalue weighted by Crippen LogP contribution is -2.36. The van der Waals surface area contributed by atoms with Crippen molar-refractivity contribution in [3.63, 3.8) is 0 Å². The zero-order valence-electron chi connectivity index (χ0n) is 13.4. The summed E-state index contributed by atoms with van der Waals surface area (Å²) in [5, 5.41) is 2.12. The normalized spacial score (nSPS) is 14.8. The molecule has 5 heteroatoms. The predicted octanol–water partition coefficient (Wildman–Crippen LogP) is 3.63. The molecule has 0 spiro atoms. The number of nitrogens with zero attached hydrogens (tertiary/aromatic N) is 3. The molecule has 1 aromatic carbocycles. The van der Waals surface area contributed by atoms with E-state index in [9.17, 15) is 0 Å². The first-order chi connectivity index (χ1) is 11.9. The molecule has 2 aromatic heterocycles. The number of anilines is 1. The third kappa shape index (κ3) is 3.32. The van der Waals surface area contributed by atoms with Gasteiger partial charge in [0.1, 0.15) is 5.82 Å². The topological polar surface area (TPSA) is 38.2 Å². The Morgan fingerprint density at radius 2 is 1.92 bits per heavy atom. The van der Waals surface area contributed by atoms with Gasteiger partial charge in [-0.2, -0.15) is 0 Å². The van der Waals surface area contributed by atoms with Crippen molar-refractivity contribution < 1.29 is 4.74 Å². The summed E-state index contributed by atoms with van der Waals surface area (Å²) in [5.41, 5.74) is 2.38. The molecular formula is C19H19N3OS. The summed E-state index contributed by atoms with van der Waals surface area (Å²) in [6, 6.07) is 14.7. The molecule has 0 atom stereocenters. The standard InChI is InChI=1S/C19H19N3OS/c1-2-6-17(15(4-1)14-16-5-3-13-24-16)19-20-8-7-18(21-19)22-9-11-23-12-10-22/h1-8,13H,9-12,14H2. The maximum Gasteiger partial charge on any atom is 0.161 e. The summed E-state index contributed by atoms with van der Waals surface area (Å²) in [6.07, 6.45) is 2.77. The van der Waals surface area contributed by atoms with Crippen LogP contribution in [0.15, 0.2) is 54.0 Å². The molecule has 4 rings (SSSR count). The van der Waals surface area contributed by atoms with Crippen molar-refractivity contribution >= 4 is 17.2 Å². The van der Waals surface area contributed by atoms with E-state index in [2.05, 4.69) is 51.7 Å². The van der Waals surface area contributed by atoms with Crippen molar-refractivity contribution in [3.05, 3.63) is 64.5 Å². The van der Waals surface area contributed by atoms with Gasteiger partial charge < -0.3 is 9.64 Å². The Morgan fingerprint density at radius 1 is 1.04 bits per heavy atom. The van der Waals surface area contributed by atoms with Crippen molar-refractivity contribution in [1.82, 2.24) is 9.97 Å². The molecule has 0 unspecified atom stereocenters. The lowest BCUT2D eigenvalue weighted by molar-refractivity contribution is 0.122. The van der Waals surface area contributed by atoms with Crippen LogP contribution < -0.4 is 4.90 Å². The van der Waals surface area contributed by atoms with Crippen LogP contribution in [-0.4, -0.2) is 36.3 Å². The highest BCUT2D eigenvalue weighted by atomic mass is 32.1. The Bertz CT molecular complexity index is 798. The van der Waals surface area contributed by atoms with Gasteiger partial charge in [-0.15, -0.1) is 11.3 Å². The number of benzene rings is 1. The maximum absolute atomic E-state index is 5.43. The minimum absolute atomic E-state index is 0.758. The molecule has 3 heterocycles. The molecule has 0 amide bonds. The van der Waals surface area contributed by atoms with Gasteiger partial charge in [0.2, 0.25) is 0 Å². The number of aromatic nitrogens is 2. The third-order valence-electron chi connectivity index (χ3n) is 4.18. The number of thiophene rings is 1. The van der Waals surface area contributed by atoms with Crippen LogP contribution in [0.2, 0.25) is 0 Å². The molecule has 3 aromatic rings. The number of rotatable bonds is 4. The molecule has 4 nitrogen and oxygen atoms in total. The number of morpholine rings is 1. The Balaban J connectivity index is 1.66. The van der Waals surface area contributed by atoms with E-state index in [-0.39, 0.29) is 0 Å². The van der Waals surface area contributed by atoms with E-state index in [1.54, 1.807) is 11.3 Å². The molecule has 0 saturated carbocycles. The molecule has 0 N–H and O–H groups in total. The molecule has 24 heavy (non-hydrogen) atoms. The van der Waals surface area contributed by atoms with Gasteiger partial charge in [0.05, 0.1) is 13.2 Å². The molecule has 0 bridgehead atoms. The van der Waals surface area contributed by atoms with Crippen LogP contribution >= 0.6 is 11.3 Å². The highest BCUT2D eigenvalue weighted by Gasteiger charge is 2.15. The highest BCUT2D eigenvalue weighted by molar-refractivity contribution is 7.09. The fourth-order valence-corrected chi connectivity index (χ4v) is 3.67. The fourth-order valence-electron chi connectivity index (χ4n) is 2.94. The zero-order chi connectivity index (χ0) is 16.2. The van der Waals surface area contributed by atoms with Crippen LogP contribution in [0.1, 0.15) is 10.4 Å². The van der Waals surface area contributed by atoms with Crippen LogP contribution in [0.5, 0.6) is 0 Å². The molecular weight excluding hydrogens is 318 g/mol. The van der Waals surface area contributed by atoms with Crippen LogP contribution in [0.3, 0.4) is 0 Å². The van der Waals surface area contributed by atoms with Crippen LogP contribution in [0, 0.1) is 0 Å². The fraction of sp³-hybridized carbons (Fsp3) is 0.263. The van der Waals surface area contributed by atoms with Gasteiger partial charge in [-0.25, -0.2) is 9.97 Å². The van der Waals surface area contributed by atoms with Gasteiger partial charge >= 0.3 is 0 Å². The Labute approximate surface area is 145 Å². The molecule has 1 aliphatic rings. The number of hydrogen-bond acceptors (Lipinski definition) is 5. The van der Waals surface area contributed by atoms with Gasteiger partial charge in [0, 0.05) is 36.1 Å². The Morgan fingerprint density at radius 3 is 2.75 bits per heavy atom.